The monoisotopic (exact) mass is 214 g/mol. The third kappa shape index (κ3) is 4.72. The Bertz CT molecular complexity index is 264. The number of rotatable bonds is 2. The minimum atomic E-state index is 0.162. The molecule has 0 radical (unpaired) electrons. The van der Waals surface area contributed by atoms with Crippen LogP contribution in [0.15, 0.2) is 28.4 Å². The molecule has 1 N–H and O–H groups in total. The normalized spacial score (nSPS) is 9.00. The maximum absolute atomic E-state index is 8.38. The van der Waals surface area contributed by atoms with Crippen molar-refractivity contribution in [1.82, 2.24) is 10.2 Å². The second-order valence-corrected chi connectivity index (χ2v) is 3.83. The molecule has 0 spiro atoms. The van der Waals surface area contributed by atoms with Crippen LogP contribution >= 0.6 is 22.7 Å². The van der Waals surface area contributed by atoms with Gasteiger partial charge in [-0.3, -0.25) is 0 Å². The van der Waals surface area contributed by atoms with Crippen LogP contribution in [-0.4, -0.2) is 21.9 Å². The van der Waals surface area contributed by atoms with Crippen LogP contribution in [0, 0.1) is 0 Å². The number of hydrogen-bond acceptors (Lipinski definition) is 5. The fourth-order valence-electron chi connectivity index (χ4n) is 0.627. The molecule has 0 fully saturated rings. The fraction of sp³-hybridized carbons (Fsp3) is 0.250. The first-order valence-corrected chi connectivity index (χ1v) is 5.59. The summed E-state index contributed by atoms with van der Waals surface area (Å²) in [5.74, 6) is 0. The summed E-state index contributed by atoms with van der Waals surface area (Å²) >= 11 is 3.18. The third-order valence-electron chi connectivity index (χ3n) is 1.16. The lowest BCUT2D eigenvalue weighted by molar-refractivity contribution is 0.299. The molecule has 13 heavy (non-hydrogen) atoms. The Hall–Kier alpha value is -0.780. The van der Waals surface area contributed by atoms with E-state index < -0.39 is 0 Å². The Balaban J connectivity index is 0.000000145. The highest BCUT2D eigenvalue weighted by molar-refractivity contribution is 7.09. The molecule has 0 aromatic carbocycles. The Labute approximate surface area is 84.7 Å². The Morgan fingerprint density at radius 3 is 2.46 bits per heavy atom. The van der Waals surface area contributed by atoms with Crippen molar-refractivity contribution in [3.05, 3.63) is 33.4 Å². The van der Waals surface area contributed by atoms with Crippen molar-refractivity contribution in [3.63, 3.8) is 0 Å². The lowest BCUT2D eigenvalue weighted by Crippen LogP contribution is -1.88. The molecule has 0 aliphatic rings. The van der Waals surface area contributed by atoms with Crippen molar-refractivity contribution < 1.29 is 5.11 Å². The molecule has 2 aromatic heterocycles. The van der Waals surface area contributed by atoms with Crippen molar-refractivity contribution in [2.45, 2.75) is 6.42 Å². The van der Waals surface area contributed by atoms with E-state index in [0.29, 0.717) is 6.42 Å². The van der Waals surface area contributed by atoms with Crippen molar-refractivity contribution in [1.29, 1.82) is 0 Å². The summed E-state index contributed by atoms with van der Waals surface area (Å²) in [6, 6.07) is 4.04. The molecule has 70 valence electrons. The average Bonchev–Trinajstić information content (AvgIpc) is 2.79. The predicted molar refractivity (Wildman–Crippen MR) is 55.0 cm³/mol. The highest BCUT2D eigenvalue weighted by Gasteiger charge is 1.91. The first kappa shape index (κ1) is 10.3. The zero-order valence-electron chi connectivity index (χ0n) is 6.96. The molecule has 0 saturated carbocycles. The van der Waals surface area contributed by atoms with Crippen LogP contribution in [0.3, 0.4) is 0 Å². The summed E-state index contributed by atoms with van der Waals surface area (Å²) in [4.78, 5) is 0. The van der Waals surface area contributed by atoms with Gasteiger partial charge in [-0.05, 0) is 10.8 Å². The molecule has 2 heterocycles. The maximum Gasteiger partial charge on any atom is 0.119 e. The van der Waals surface area contributed by atoms with Gasteiger partial charge in [-0.25, -0.2) is 0 Å². The predicted octanol–water partition coefficient (Wildman–Crippen LogP) is 1.82. The summed E-state index contributed by atoms with van der Waals surface area (Å²) in [6.07, 6.45) is 0.630. The highest BCUT2D eigenvalue weighted by Crippen LogP contribution is 1.99. The van der Waals surface area contributed by atoms with Gasteiger partial charge in [-0.2, -0.15) is 11.3 Å². The molecule has 0 unspecified atom stereocenters. The van der Waals surface area contributed by atoms with E-state index in [1.165, 1.54) is 11.3 Å². The molecule has 0 aliphatic heterocycles. The molecule has 5 heteroatoms. The van der Waals surface area contributed by atoms with Crippen LogP contribution in [0.1, 0.15) is 5.01 Å². The topological polar surface area (TPSA) is 46.0 Å². The Kier molecular flexibility index (Phi) is 5.31. The number of thiophene rings is 1. The number of aliphatic hydroxyl groups excluding tert-OH is 1. The van der Waals surface area contributed by atoms with E-state index in [9.17, 15) is 0 Å². The van der Waals surface area contributed by atoms with Crippen molar-refractivity contribution in [3.8, 4) is 0 Å². The Morgan fingerprint density at radius 1 is 1.31 bits per heavy atom. The Morgan fingerprint density at radius 2 is 2.08 bits per heavy atom. The highest BCUT2D eigenvalue weighted by atomic mass is 32.1. The maximum atomic E-state index is 8.38. The van der Waals surface area contributed by atoms with Gasteiger partial charge < -0.3 is 5.11 Å². The number of nitrogens with zero attached hydrogens (tertiary/aromatic N) is 2. The summed E-state index contributed by atoms with van der Waals surface area (Å²) in [6.45, 7) is 0.162. The first-order valence-electron chi connectivity index (χ1n) is 3.76. The van der Waals surface area contributed by atoms with Gasteiger partial charge >= 0.3 is 0 Å². The van der Waals surface area contributed by atoms with Crippen molar-refractivity contribution in [2.24, 2.45) is 0 Å². The number of aliphatic hydroxyl groups is 1. The molecule has 0 bridgehead atoms. The van der Waals surface area contributed by atoms with E-state index in [1.807, 2.05) is 22.9 Å². The van der Waals surface area contributed by atoms with E-state index in [4.69, 9.17) is 5.11 Å². The minimum absolute atomic E-state index is 0.162. The molecule has 0 aliphatic carbocycles. The minimum Gasteiger partial charge on any atom is -0.396 e. The molecular weight excluding hydrogens is 204 g/mol. The van der Waals surface area contributed by atoms with Gasteiger partial charge in [0.15, 0.2) is 0 Å². The molecular formula is C8H10N2OS2. The smallest absolute Gasteiger partial charge is 0.119 e. The SMILES string of the molecule is OCCc1nncs1.c1ccsc1. The zero-order chi connectivity index (χ0) is 9.36. The van der Waals surface area contributed by atoms with Crippen LogP contribution in [0.2, 0.25) is 0 Å². The van der Waals surface area contributed by atoms with E-state index in [2.05, 4.69) is 10.2 Å². The molecule has 2 rings (SSSR count). The molecule has 0 atom stereocenters. The van der Waals surface area contributed by atoms with Gasteiger partial charge in [-0.15, -0.1) is 21.5 Å². The largest absolute Gasteiger partial charge is 0.396 e. The quantitative estimate of drug-likeness (QED) is 0.829. The fourth-order valence-corrected chi connectivity index (χ4v) is 1.60. The van der Waals surface area contributed by atoms with Gasteiger partial charge in [-0.1, -0.05) is 12.1 Å². The standard InChI is InChI=1S/C4H6N2OS.C4H4S/c7-2-1-4-6-5-3-8-4;1-2-4-5-3-1/h3,7H,1-2H2;1-4H. The van der Waals surface area contributed by atoms with Gasteiger partial charge in [0.2, 0.25) is 0 Å². The van der Waals surface area contributed by atoms with Gasteiger partial charge in [0.1, 0.15) is 10.5 Å². The van der Waals surface area contributed by atoms with Crippen molar-refractivity contribution in [2.75, 3.05) is 6.61 Å². The van der Waals surface area contributed by atoms with Crippen molar-refractivity contribution >= 4 is 22.7 Å². The van der Waals surface area contributed by atoms with Gasteiger partial charge in [0.05, 0.1) is 0 Å². The first-order chi connectivity index (χ1) is 6.43. The molecule has 0 amide bonds. The van der Waals surface area contributed by atoms with E-state index >= 15 is 0 Å². The van der Waals surface area contributed by atoms with Crippen LogP contribution < -0.4 is 0 Å². The molecule has 2 aromatic rings. The zero-order valence-corrected chi connectivity index (χ0v) is 8.59. The van der Waals surface area contributed by atoms with Gasteiger partial charge in [0.25, 0.3) is 0 Å². The summed E-state index contributed by atoms with van der Waals surface area (Å²) in [7, 11) is 0. The summed E-state index contributed by atoms with van der Waals surface area (Å²) in [5, 5.41) is 20.7. The van der Waals surface area contributed by atoms with Crippen LogP contribution in [-0.2, 0) is 6.42 Å². The van der Waals surface area contributed by atoms with E-state index in [1.54, 1.807) is 16.8 Å². The summed E-state index contributed by atoms with van der Waals surface area (Å²) < 4.78 is 0. The number of aromatic nitrogens is 2. The summed E-state index contributed by atoms with van der Waals surface area (Å²) in [5.41, 5.74) is 1.66. The van der Waals surface area contributed by atoms with Crippen LogP contribution in [0.25, 0.3) is 0 Å². The number of hydrogen-bond donors (Lipinski definition) is 1. The molecule has 0 saturated heterocycles. The second kappa shape index (κ2) is 6.71. The lowest BCUT2D eigenvalue weighted by atomic mass is 10.5. The van der Waals surface area contributed by atoms with Crippen LogP contribution in [0.4, 0.5) is 0 Å². The van der Waals surface area contributed by atoms with E-state index in [0.717, 1.165) is 5.01 Å². The van der Waals surface area contributed by atoms with Gasteiger partial charge in [0, 0.05) is 13.0 Å². The molecule has 3 nitrogen and oxygen atoms in total. The van der Waals surface area contributed by atoms with Crippen LogP contribution in [0.5, 0.6) is 0 Å². The van der Waals surface area contributed by atoms with E-state index in [-0.39, 0.29) is 6.61 Å². The second-order valence-electron chi connectivity index (χ2n) is 2.10. The lowest BCUT2D eigenvalue weighted by Gasteiger charge is -1.82. The average molecular weight is 214 g/mol. The third-order valence-corrected chi connectivity index (χ3v) is 2.54.